The fourth-order valence-corrected chi connectivity index (χ4v) is 4.17. The van der Waals surface area contributed by atoms with E-state index in [2.05, 4.69) is 4.72 Å². The summed E-state index contributed by atoms with van der Waals surface area (Å²) in [5.74, 6) is 0.651. The first-order chi connectivity index (χ1) is 12.7. The summed E-state index contributed by atoms with van der Waals surface area (Å²) in [5.41, 5.74) is 1.08. The average Bonchev–Trinajstić information content (AvgIpc) is 2.60. The molecule has 0 spiro atoms. The number of hydrogen-bond acceptors (Lipinski definition) is 5. The zero-order valence-corrected chi connectivity index (χ0v) is 16.4. The zero-order chi connectivity index (χ0) is 20.0. The molecule has 1 N–H and O–H groups in total. The van der Waals surface area contributed by atoms with E-state index in [1.807, 2.05) is 26.0 Å². The maximum Gasteiger partial charge on any atom is 0.269 e. The van der Waals surface area contributed by atoms with Crippen molar-refractivity contribution in [3.05, 3.63) is 69.8 Å². The van der Waals surface area contributed by atoms with Crippen molar-refractivity contribution in [2.75, 3.05) is 7.11 Å². The second kappa shape index (κ2) is 8.96. The number of sulfonamides is 1. The predicted molar refractivity (Wildman–Crippen MR) is 104 cm³/mol. The number of nitro groups is 1. The molecule has 2 rings (SSSR count). The van der Waals surface area contributed by atoms with Crippen LogP contribution in [-0.2, 0) is 15.8 Å². The van der Waals surface area contributed by atoms with Crippen molar-refractivity contribution in [1.29, 1.82) is 0 Å². The van der Waals surface area contributed by atoms with Gasteiger partial charge in [0.05, 0.1) is 17.8 Å². The molecule has 1 atom stereocenters. The maximum atomic E-state index is 12.7. The Morgan fingerprint density at radius 2 is 1.81 bits per heavy atom. The van der Waals surface area contributed by atoms with Crippen molar-refractivity contribution in [2.24, 2.45) is 5.92 Å². The van der Waals surface area contributed by atoms with Gasteiger partial charge in [0.2, 0.25) is 10.0 Å². The summed E-state index contributed by atoms with van der Waals surface area (Å²) in [6.07, 6.45) is 0.625. The molecule has 0 fully saturated rings. The minimum absolute atomic E-state index is 0.128. The largest absolute Gasteiger partial charge is 0.497 e. The fraction of sp³-hybridized carbons (Fsp3) is 0.368. The lowest BCUT2D eigenvalue weighted by Gasteiger charge is -2.21. The molecule has 0 aliphatic rings. The van der Waals surface area contributed by atoms with Crippen LogP contribution in [0.5, 0.6) is 5.75 Å². The first-order valence-electron chi connectivity index (χ1n) is 8.57. The number of methoxy groups -OCH3 is 1. The number of benzene rings is 2. The van der Waals surface area contributed by atoms with Gasteiger partial charge in [0.1, 0.15) is 5.75 Å². The average molecular weight is 392 g/mol. The molecule has 8 heteroatoms. The normalized spacial score (nSPS) is 12.7. The topological polar surface area (TPSA) is 98.5 Å². The van der Waals surface area contributed by atoms with E-state index in [9.17, 15) is 18.5 Å². The maximum absolute atomic E-state index is 12.7. The van der Waals surface area contributed by atoms with Gasteiger partial charge < -0.3 is 4.74 Å². The first-order valence-corrected chi connectivity index (χ1v) is 10.2. The van der Waals surface area contributed by atoms with Crippen molar-refractivity contribution >= 4 is 15.7 Å². The van der Waals surface area contributed by atoms with Crippen molar-refractivity contribution in [3.63, 3.8) is 0 Å². The number of non-ortho nitro benzene ring substituents is 1. The Kier molecular flexibility index (Phi) is 6.92. The molecule has 0 amide bonds. The van der Waals surface area contributed by atoms with Crippen LogP contribution in [0.15, 0.2) is 48.5 Å². The summed E-state index contributed by atoms with van der Waals surface area (Å²) < 4.78 is 33.2. The van der Waals surface area contributed by atoms with E-state index in [1.165, 1.54) is 18.2 Å². The highest BCUT2D eigenvalue weighted by Gasteiger charge is 2.22. The molecule has 0 unspecified atom stereocenters. The number of rotatable bonds is 9. The molecule has 0 bridgehead atoms. The molecular formula is C19H24N2O5S. The second-order valence-electron chi connectivity index (χ2n) is 6.76. The standard InChI is InChI=1S/C19H24N2O5S/c1-14(2)11-19(16-7-9-18(26-3)10-8-16)20-27(24,25)13-15-5-4-6-17(12-15)21(22)23/h4-10,12,14,19-20H,11,13H2,1-3H3/t19-/m0/s1. The minimum Gasteiger partial charge on any atom is -0.497 e. The van der Waals surface area contributed by atoms with Gasteiger partial charge in [-0.2, -0.15) is 0 Å². The van der Waals surface area contributed by atoms with Gasteiger partial charge in [0.15, 0.2) is 0 Å². The molecule has 7 nitrogen and oxygen atoms in total. The summed E-state index contributed by atoms with van der Waals surface area (Å²) in [5, 5.41) is 10.9. The molecule has 0 saturated heterocycles. The van der Waals surface area contributed by atoms with Gasteiger partial charge in [0, 0.05) is 18.2 Å². The van der Waals surface area contributed by atoms with E-state index in [0.29, 0.717) is 17.7 Å². The molecule has 2 aromatic carbocycles. The monoisotopic (exact) mass is 392 g/mol. The Hall–Kier alpha value is -2.45. The van der Waals surface area contributed by atoms with Gasteiger partial charge >= 0.3 is 0 Å². The number of ether oxygens (including phenoxy) is 1. The molecule has 2 aromatic rings. The molecule has 0 aliphatic heterocycles. The van der Waals surface area contributed by atoms with Gasteiger partial charge in [-0.1, -0.05) is 38.1 Å². The summed E-state index contributed by atoms with van der Waals surface area (Å²) in [6, 6.07) is 12.5. The predicted octanol–water partition coefficient (Wildman–Crippen LogP) is 3.81. The highest BCUT2D eigenvalue weighted by molar-refractivity contribution is 7.88. The highest BCUT2D eigenvalue weighted by atomic mass is 32.2. The molecule has 0 radical (unpaired) electrons. The van der Waals surface area contributed by atoms with Gasteiger partial charge in [-0.15, -0.1) is 0 Å². The van der Waals surface area contributed by atoms with Gasteiger partial charge in [-0.3, -0.25) is 10.1 Å². The van der Waals surface area contributed by atoms with Crippen LogP contribution in [0.4, 0.5) is 5.69 Å². The van der Waals surface area contributed by atoms with Crippen LogP contribution in [0.1, 0.15) is 37.4 Å². The third-order valence-corrected chi connectivity index (χ3v) is 5.38. The van der Waals surface area contributed by atoms with Gasteiger partial charge in [-0.05, 0) is 35.6 Å². The third-order valence-electron chi connectivity index (χ3n) is 4.03. The number of nitro benzene ring substituents is 1. The van der Waals surface area contributed by atoms with E-state index in [4.69, 9.17) is 4.74 Å². The molecular weight excluding hydrogens is 368 g/mol. The van der Waals surface area contributed by atoms with Crippen molar-refractivity contribution in [3.8, 4) is 5.75 Å². The van der Waals surface area contributed by atoms with E-state index in [0.717, 1.165) is 5.56 Å². The lowest BCUT2D eigenvalue weighted by atomic mass is 9.98. The number of hydrogen-bond donors (Lipinski definition) is 1. The molecule has 0 heterocycles. The van der Waals surface area contributed by atoms with Crippen LogP contribution in [0.25, 0.3) is 0 Å². The Morgan fingerprint density at radius 3 is 2.37 bits per heavy atom. The Balaban J connectivity index is 2.21. The lowest BCUT2D eigenvalue weighted by molar-refractivity contribution is -0.384. The fourth-order valence-electron chi connectivity index (χ4n) is 2.80. The minimum atomic E-state index is -3.69. The Labute approximate surface area is 159 Å². The number of nitrogens with zero attached hydrogens (tertiary/aromatic N) is 1. The van der Waals surface area contributed by atoms with Crippen LogP contribution in [-0.4, -0.2) is 20.5 Å². The van der Waals surface area contributed by atoms with E-state index >= 15 is 0 Å². The first kappa shape index (κ1) is 20.9. The summed E-state index contributed by atoms with van der Waals surface area (Å²) in [6.45, 7) is 4.04. The SMILES string of the molecule is COc1ccc([C@H](CC(C)C)NS(=O)(=O)Cc2cccc([N+](=O)[O-])c2)cc1. The molecule has 0 aliphatic carbocycles. The zero-order valence-electron chi connectivity index (χ0n) is 15.6. The smallest absolute Gasteiger partial charge is 0.269 e. The van der Waals surface area contributed by atoms with E-state index in [1.54, 1.807) is 25.3 Å². The van der Waals surface area contributed by atoms with Crippen LogP contribution < -0.4 is 9.46 Å². The number of nitrogens with one attached hydrogen (secondary N) is 1. The molecule has 0 aromatic heterocycles. The Morgan fingerprint density at radius 1 is 1.15 bits per heavy atom. The van der Waals surface area contributed by atoms with Crippen molar-refractivity contribution in [1.82, 2.24) is 4.72 Å². The molecule has 0 saturated carbocycles. The molecule has 146 valence electrons. The van der Waals surface area contributed by atoms with E-state index in [-0.39, 0.29) is 23.4 Å². The highest BCUT2D eigenvalue weighted by Crippen LogP contribution is 2.25. The van der Waals surface area contributed by atoms with Crippen LogP contribution >= 0.6 is 0 Å². The van der Waals surface area contributed by atoms with Crippen molar-refractivity contribution in [2.45, 2.75) is 32.1 Å². The lowest BCUT2D eigenvalue weighted by Crippen LogP contribution is -2.30. The van der Waals surface area contributed by atoms with Crippen LogP contribution in [0.3, 0.4) is 0 Å². The summed E-state index contributed by atoms with van der Waals surface area (Å²) in [7, 11) is -2.12. The summed E-state index contributed by atoms with van der Waals surface area (Å²) >= 11 is 0. The second-order valence-corrected chi connectivity index (χ2v) is 8.51. The van der Waals surface area contributed by atoms with Gasteiger partial charge in [-0.25, -0.2) is 13.1 Å². The van der Waals surface area contributed by atoms with Crippen LogP contribution in [0, 0.1) is 16.0 Å². The third kappa shape index (κ3) is 6.33. The van der Waals surface area contributed by atoms with Crippen molar-refractivity contribution < 1.29 is 18.1 Å². The summed E-state index contributed by atoms with van der Waals surface area (Å²) in [4.78, 5) is 10.3. The quantitative estimate of drug-likeness (QED) is 0.517. The Bertz CT molecular complexity index is 879. The molecule has 27 heavy (non-hydrogen) atoms. The van der Waals surface area contributed by atoms with E-state index < -0.39 is 14.9 Å². The van der Waals surface area contributed by atoms with Gasteiger partial charge in [0.25, 0.3) is 5.69 Å². The van der Waals surface area contributed by atoms with Crippen LogP contribution in [0.2, 0.25) is 0 Å².